The first kappa shape index (κ1) is 12.1. The monoisotopic (exact) mass is 233 g/mol. The van der Waals surface area contributed by atoms with Crippen LogP contribution in [-0.4, -0.2) is 23.7 Å². The third-order valence-electron chi connectivity index (χ3n) is 3.24. The number of aliphatic hydroxyl groups is 1. The van der Waals surface area contributed by atoms with Gasteiger partial charge in [-0.25, -0.2) is 0 Å². The van der Waals surface area contributed by atoms with Crippen LogP contribution in [0.4, 0.5) is 5.69 Å². The van der Waals surface area contributed by atoms with Crippen LogP contribution in [0.25, 0.3) is 0 Å². The number of rotatable bonds is 2. The summed E-state index contributed by atoms with van der Waals surface area (Å²) >= 11 is 0. The lowest BCUT2D eigenvalue weighted by atomic mass is 9.98. The van der Waals surface area contributed by atoms with Gasteiger partial charge in [0, 0.05) is 12.1 Å². The second-order valence-electron chi connectivity index (χ2n) is 4.91. The lowest BCUT2D eigenvalue weighted by Crippen LogP contribution is -2.43. The molecule has 1 amide bonds. The van der Waals surface area contributed by atoms with Gasteiger partial charge in [0.05, 0.1) is 12.6 Å². The van der Waals surface area contributed by atoms with E-state index in [9.17, 15) is 9.90 Å². The summed E-state index contributed by atoms with van der Waals surface area (Å²) in [7, 11) is 0. The summed E-state index contributed by atoms with van der Waals surface area (Å²) in [6.45, 7) is 4.65. The van der Waals surface area contributed by atoms with Crippen molar-refractivity contribution in [2.75, 3.05) is 11.4 Å². The molecule has 1 heterocycles. The number of piperidine rings is 1. The van der Waals surface area contributed by atoms with E-state index in [1.54, 1.807) is 4.90 Å². The maximum absolute atomic E-state index is 11.9. The SMILES string of the molecule is CC(C)c1ccccc1N1CC(O)CCC1=O. The van der Waals surface area contributed by atoms with Gasteiger partial charge in [0.15, 0.2) is 0 Å². The predicted octanol–water partition coefficient (Wildman–Crippen LogP) is 2.30. The van der Waals surface area contributed by atoms with Crippen LogP contribution in [0.2, 0.25) is 0 Å². The number of carbonyl (C=O) groups excluding carboxylic acids is 1. The minimum Gasteiger partial charge on any atom is -0.391 e. The second kappa shape index (κ2) is 4.88. The third kappa shape index (κ3) is 2.50. The van der Waals surface area contributed by atoms with Crippen LogP contribution in [0.1, 0.15) is 38.2 Å². The molecule has 0 aliphatic carbocycles. The van der Waals surface area contributed by atoms with Crippen LogP contribution in [0.5, 0.6) is 0 Å². The number of para-hydroxylation sites is 1. The summed E-state index contributed by atoms with van der Waals surface area (Å²) in [4.78, 5) is 13.7. The van der Waals surface area contributed by atoms with Crippen molar-refractivity contribution in [3.63, 3.8) is 0 Å². The smallest absolute Gasteiger partial charge is 0.227 e. The standard InChI is InChI=1S/C14H19NO2/c1-10(2)12-5-3-4-6-13(12)15-9-11(16)7-8-14(15)17/h3-6,10-11,16H,7-9H2,1-2H3. The zero-order valence-electron chi connectivity index (χ0n) is 10.4. The van der Waals surface area contributed by atoms with Crippen LogP contribution in [-0.2, 0) is 4.79 Å². The van der Waals surface area contributed by atoms with E-state index in [2.05, 4.69) is 13.8 Å². The third-order valence-corrected chi connectivity index (χ3v) is 3.24. The maximum atomic E-state index is 11.9. The topological polar surface area (TPSA) is 40.5 Å². The van der Waals surface area contributed by atoms with Crippen LogP contribution in [0.3, 0.4) is 0 Å². The Bertz CT molecular complexity index is 414. The fraction of sp³-hybridized carbons (Fsp3) is 0.500. The summed E-state index contributed by atoms with van der Waals surface area (Å²) in [5.41, 5.74) is 2.11. The van der Waals surface area contributed by atoms with Crippen molar-refractivity contribution in [2.45, 2.75) is 38.7 Å². The van der Waals surface area contributed by atoms with Crippen molar-refractivity contribution < 1.29 is 9.90 Å². The summed E-state index contributed by atoms with van der Waals surface area (Å²) in [5.74, 6) is 0.487. The summed E-state index contributed by atoms with van der Waals surface area (Å²) in [6, 6.07) is 7.94. The Kier molecular flexibility index (Phi) is 3.48. The molecule has 17 heavy (non-hydrogen) atoms. The highest BCUT2D eigenvalue weighted by Crippen LogP contribution is 2.29. The molecule has 1 aliphatic heterocycles. The van der Waals surface area contributed by atoms with Crippen LogP contribution in [0.15, 0.2) is 24.3 Å². The summed E-state index contributed by atoms with van der Waals surface area (Å²) in [5, 5.41) is 9.69. The lowest BCUT2D eigenvalue weighted by molar-refractivity contribution is -0.121. The highest BCUT2D eigenvalue weighted by atomic mass is 16.3. The number of nitrogens with zero attached hydrogens (tertiary/aromatic N) is 1. The number of β-amino-alcohol motifs (C(OH)–C–C–N with tert-alkyl or cyclic N) is 1. The maximum Gasteiger partial charge on any atom is 0.227 e. The van der Waals surface area contributed by atoms with E-state index < -0.39 is 6.10 Å². The lowest BCUT2D eigenvalue weighted by Gasteiger charge is -2.32. The summed E-state index contributed by atoms with van der Waals surface area (Å²) in [6.07, 6.45) is 0.625. The quantitative estimate of drug-likeness (QED) is 0.851. The molecule has 1 fully saturated rings. The number of hydrogen-bond donors (Lipinski definition) is 1. The van der Waals surface area contributed by atoms with Crippen molar-refractivity contribution in [3.05, 3.63) is 29.8 Å². The van der Waals surface area contributed by atoms with Crippen molar-refractivity contribution in [1.29, 1.82) is 0 Å². The van der Waals surface area contributed by atoms with E-state index in [0.717, 1.165) is 11.3 Å². The summed E-state index contributed by atoms with van der Waals surface area (Å²) < 4.78 is 0. The number of hydrogen-bond acceptors (Lipinski definition) is 2. The molecular formula is C14H19NO2. The van der Waals surface area contributed by atoms with Crippen LogP contribution >= 0.6 is 0 Å². The number of anilines is 1. The molecule has 3 heteroatoms. The predicted molar refractivity (Wildman–Crippen MR) is 68.1 cm³/mol. The molecule has 0 radical (unpaired) electrons. The molecule has 1 N–H and O–H groups in total. The first-order valence-corrected chi connectivity index (χ1v) is 6.17. The van der Waals surface area contributed by atoms with Crippen LogP contribution < -0.4 is 4.90 Å². The van der Waals surface area contributed by atoms with E-state index in [1.165, 1.54) is 0 Å². The van der Waals surface area contributed by atoms with Gasteiger partial charge in [-0.05, 0) is 24.0 Å². The van der Waals surface area contributed by atoms with Gasteiger partial charge >= 0.3 is 0 Å². The molecule has 0 spiro atoms. The van der Waals surface area contributed by atoms with Gasteiger partial charge in [-0.15, -0.1) is 0 Å². The zero-order chi connectivity index (χ0) is 12.4. The first-order valence-electron chi connectivity index (χ1n) is 6.17. The first-order chi connectivity index (χ1) is 8.09. The normalized spacial score (nSPS) is 21.1. The molecule has 0 saturated carbocycles. The van der Waals surface area contributed by atoms with Gasteiger partial charge in [-0.1, -0.05) is 32.0 Å². The minimum atomic E-state index is -0.395. The zero-order valence-corrected chi connectivity index (χ0v) is 10.4. The van der Waals surface area contributed by atoms with Crippen molar-refractivity contribution in [2.24, 2.45) is 0 Å². The molecule has 0 aromatic heterocycles. The average Bonchev–Trinajstić information content (AvgIpc) is 2.32. The van der Waals surface area contributed by atoms with Crippen LogP contribution in [0, 0.1) is 0 Å². The number of amides is 1. The van der Waals surface area contributed by atoms with E-state index in [0.29, 0.717) is 25.3 Å². The molecule has 1 aromatic rings. The Hall–Kier alpha value is -1.35. The van der Waals surface area contributed by atoms with Gasteiger partial charge in [0.25, 0.3) is 0 Å². The van der Waals surface area contributed by atoms with Gasteiger partial charge in [0.2, 0.25) is 5.91 Å². The van der Waals surface area contributed by atoms with E-state index in [4.69, 9.17) is 0 Å². The van der Waals surface area contributed by atoms with Gasteiger partial charge in [0.1, 0.15) is 0 Å². The molecule has 1 aliphatic rings. The molecule has 1 saturated heterocycles. The molecule has 0 bridgehead atoms. The van der Waals surface area contributed by atoms with Crippen molar-refractivity contribution in [3.8, 4) is 0 Å². The molecule has 1 atom stereocenters. The molecule has 2 rings (SSSR count). The number of carbonyl (C=O) groups is 1. The number of aliphatic hydroxyl groups excluding tert-OH is 1. The largest absolute Gasteiger partial charge is 0.391 e. The van der Waals surface area contributed by atoms with Gasteiger partial charge in [-0.2, -0.15) is 0 Å². The van der Waals surface area contributed by atoms with Gasteiger partial charge < -0.3 is 10.0 Å². The van der Waals surface area contributed by atoms with E-state index in [-0.39, 0.29) is 5.91 Å². The van der Waals surface area contributed by atoms with Crippen molar-refractivity contribution >= 4 is 11.6 Å². The minimum absolute atomic E-state index is 0.114. The Morgan fingerprint density at radius 1 is 1.35 bits per heavy atom. The Balaban J connectivity index is 2.35. The Labute approximate surface area is 102 Å². The van der Waals surface area contributed by atoms with E-state index >= 15 is 0 Å². The van der Waals surface area contributed by atoms with Crippen molar-refractivity contribution in [1.82, 2.24) is 0 Å². The van der Waals surface area contributed by atoms with E-state index in [1.807, 2.05) is 24.3 Å². The Morgan fingerprint density at radius 2 is 2.06 bits per heavy atom. The fourth-order valence-corrected chi connectivity index (χ4v) is 2.28. The highest BCUT2D eigenvalue weighted by molar-refractivity contribution is 5.95. The number of benzene rings is 1. The molecule has 92 valence electrons. The second-order valence-corrected chi connectivity index (χ2v) is 4.91. The molecule has 3 nitrogen and oxygen atoms in total. The Morgan fingerprint density at radius 3 is 2.76 bits per heavy atom. The average molecular weight is 233 g/mol. The highest BCUT2D eigenvalue weighted by Gasteiger charge is 2.26. The van der Waals surface area contributed by atoms with Gasteiger partial charge in [-0.3, -0.25) is 4.79 Å². The molecule has 1 aromatic carbocycles. The molecule has 1 unspecified atom stereocenters. The molecular weight excluding hydrogens is 214 g/mol. The fourth-order valence-electron chi connectivity index (χ4n) is 2.28.